The van der Waals surface area contributed by atoms with Crippen molar-refractivity contribution >= 4 is 9.84 Å². The molecule has 1 fully saturated rings. The van der Waals surface area contributed by atoms with Gasteiger partial charge < -0.3 is 5.32 Å². The first-order valence-electron chi connectivity index (χ1n) is 4.24. The van der Waals surface area contributed by atoms with Crippen molar-refractivity contribution in [3.05, 3.63) is 0 Å². The largest absolute Gasteiger partial charge is 0.404 e. The average molecular weight is 231 g/mol. The first kappa shape index (κ1) is 11.8. The Morgan fingerprint density at radius 1 is 1.36 bits per heavy atom. The molecule has 0 amide bonds. The maximum absolute atomic E-state index is 12.3. The Labute approximate surface area is 80.6 Å². The van der Waals surface area contributed by atoms with Gasteiger partial charge in [0.2, 0.25) is 0 Å². The van der Waals surface area contributed by atoms with Crippen LogP contribution in [0.15, 0.2) is 0 Å². The van der Waals surface area contributed by atoms with Crippen LogP contribution >= 0.6 is 0 Å². The number of alkyl halides is 3. The zero-order valence-electron chi connectivity index (χ0n) is 7.63. The molecule has 0 bridgehead atoms. The van der Waals surface area contributed by atoms with E-state index in [1.165, 1.54) is 0 Å². The smallest absolute Gasteiger partial charge is 0.303 e. The molecule has 2 atom stereocenters. The Bertz CT molecular complexity index is 299. The van der Waals surface area contributed by atoms with E-state index in [2.05, 4.69) is 5.32 Å². The number of halogens is 3. The molecule has 0 radical (unpaired) electrons. The molecule has 7 heteroatoms. The monoisotopic (exact) mass is 231 g/mol. The highest BCUT2D eigenvalue weighted by molar-refractivity contribution is 7.91. The van der Waals surface area contributed by atoms with Gasteiger partial charge in [-0.1, -0.05) is 0 Å². The van der Waals surface area contributed by atoms with Crippen LogP contribution in [0.3, 0.4) is 0 Å². The van der Waals surface area contributed by atoms with Crippen LogP contribution in [0.1, 0.15) is 13.3 Å². The molecule has 2 unspecified atom stereocenters. The van der Waals surface area contributed by atoms with Crippen LogP contribution in [0.2, 0.25) is 0 Å². The summed E-state index contributed by atoms with van der Waals surface area (Å²) in [6, 6.07) is -2.34. The molecule has 1 N–H and O–H groups in total. The lowest BCUT2D eigenvalue weighted by Crippen LogP contribution is -2.48. The molecule has 0 aromatic carbocycles. The highest BCUT2D eigenvalue weighted by atomic mass is 32.2. The van der Waals surface area contributed by atoms with Crippen molar-refractivity contribution in [2.75, 3.05) is 11.5 Å². The summed E-state index contributed by atoms with van der Waals surface area (Å²) in [4.78, 5) is 0. The maximum Gasteiger partial charge on any atom is 0.404 e. The third-order valence-corrected chi connectivity index (χ3v) is 3.86. The number of hydrogen-bond acceptors (Lipinski definition) is 3. The van der Waals surface area contributed by atoms with Gasteiger partial charge in [-0.15, -0.1) is 0 Å². The van der Waals surface area contributed by atoms with E-state index in [0.717, 1.165) is 0 Å². The van der Waals surface area contributed by atoms with Gasteiger partial charge in [0.15, 0.2) is 9.84 Å². The quantitative estimate of drug-likeness (QED) is 0.668. The lowest BCUT2D eigenvalue weighted by molar-refractivity contribution is -0.151. The van der Waals surface area contributed by atoms with E-state index in [4.69, 9.17) is 0 Å². The molecule has 0 saturated carbocycles. The lowest BCUT2D eigenvalue weighted by atomic mass is 10.2. The Morgan fingerprint density at radius 3 is 2.43 bits per heavy atom. The highest BCUT2D eigenvalue weighted by Crippen LogP contribution is 2.24. The molecule has 1 saturated heterocycles. The molecular formula is C7H12F3NO2S. The first-order valence-corrected chi connectivity index (χ1v) is 6.06. The molecule has 0 aromatic heterocycles. The van der Waals surface area contributed by atoms with Crippen molar-refractivity contribution in [3.8, 4) is 0 Å². The molecule has 0 aromatic rings. The Kier molecular flexibility index (Phi) is 3.10. The molecule has 0 spiro atoms. The van der Waals surface area contributed by atoms with E-state index in [1.807, 2.05) is 0 Å². The van der Waals surface area contributed by atoms with Gasteiger partial charge in [0.25, 0.3) is 0 Å². The van der Waals surface area contributed by atoms with Crippen molar-refractivity contribution in [2.24, 2.45) is 0 Å². The molecule has 1 heterocycles. The topological polar surface area (TPSA) is 46.2 Å². The standard InChI is InChI=1S/C7H12F3NO2S/c1-5-2-3-14(12,13)4-6(11-5)7(8,9)10/h5-6,11H,2-4H2,1H3. The van der Waals surface area contributed by atoms with Gasteiger partial charge in [0.1, 0.15) is 6.04 Å². The van der Waals surface area contributed by atoms with Crippen molar-refractivity contribution in [2.45, 2.75) is 31.6 Å². The van der Waals surface area contributed by atoms with Gasteiger partial charge in [-0.3, -0.25) is 0 Å². The fourth-order valence-electron chi connectivity index (χ4n) is 1.36. The number of rotatable bonds is 0. The summed E-state index contributed by atoms with van der Waals surface area (Å²) in [6.45, 7) is 1.56. The highest BCUT2D eigenvalue weighted by Gasteiger charge is 2.44. The van der Waals surface area contributed by atoms with Crippen molar-refractivity contribution in [1.82, 2.24) is 5.32 Å². The number of hydrogen-bond donors (Lipinski definition) is 1. The van der Waals surface area contributed by atoms with Gasteiger partial charge in [0.05, 0.1) is 11.5 Å². The fourth-order valence-corrected chi connectivity index (χ4v) is 3.03. The van der Waals surface area contributed by atoms with Crippen LogP contribution in [0.25, 0.3) is 0 Å². The van der Waals surface area contributed by atoms with Crippen LogP contribution < -0.4 is 5.32 Å². The van der Waals surface area contributed by atoms with Crippen LogP contribution in [-0.4, -0.2) is 38.2 Å². The van der Waals surface area contributed by atoms with Gasteiger partial charge in [-0.05, 0) is 13.3 Å². The molecule has 14 heavy (non-hydrogen) atoms. The third kappa shape index (κ3) is 3.13. The van der Waals surface area contributed by atoms with E-state index in [-0.39, 0.29) is 12.2 Å². The normalized spacial score (nSPS) is 33.7. The summed E-state index contributed by atoms with van der Waals surface area (Å²) in [5, 5.41) is 2.27. The van der Waals surface area contributed by atoms with E-state index in [0.29, 0.717) is 0 Å². The fraction of sp³-hybridized carbons (Fsp3) is 1.00. The molecule has 3 nitrogen and oxygen atoms in total. The summed E-state index contributed by atoms with van der Waals surface area (Å²) >= 11 is 0. The van der Waals surface area contributed by atoms with Gasteiger partial charge >= 0.3 is 6.18 Å². The molecular weight excluding hydrogens is 219 g/mol. The zero-order valence-corrected chi connectivity index (χ0v) is 8.45. The van der Waals surface area contributed by atoms with E-state index in [9.17, 15) is 21.6 Å². The van der Waals surface area contributed by atoms with Gasteiger partial charge in [0, 0.05) is 6.04 Å². The van der Waals surface area contributed by atoms with Gasteiger partial charge in [-0.2, -0.15) is 13.2 Å². The predicted octanol–water partition coefficient (Wildman–Crippen LogP) is 0.714. The molecule has 1 aliphatic heterocycles. The minimum absolute atomic E-state index is 0.173. The minimum Gasteiger partial charge on any atom is -0.303 e. The number of sulfone groups is 1. The van der Waals surface area contributed by atoms with Crippen molar-refractivity contribution in [3.63, 3.8) is 0 Å². The second-order valence-corrected chi connectivity index (χ2v) is 5.79. The summed E-state index contributed by atoms with van der Waals surface area (Å²) in [6.07, 6.45) is -4.26. The second-order valence-electron chi connectivity index (χ2n) is 3.56. The van der Waals surface area contributed by atoms with Crippen LogP contribution in [0.4, 0.5) is 13.2 Å². The third-order valence-electron chi connectivity index (χ3n) is 2.16. The molecule has 1 rings (SSSR count). The maximum atomic E-state index is 12.3. The Hall–Kier alpha value is -0.300. The molecule has 0 aliphatic carbocycles. The van der Waals surface area contributed by atoms with E-state index < -0.39 is 33.9 Å². The van der Waals surface area contributed by atoms with Crippen LogP contribution in [-0.2, 0) is 9.84 Å². The first-order chi connectivity index (χ1) is 6.21. The van der Waals surface area contributed by atoms with E-state index >= 15 is 0 Å². The molecule has 84 valence electrons. The van der Waals surface area contributed by atoms with Gasteiger partial charge in [-0.25, -0.2) is 8.42 Å². The summed E-state index contributed by atoms with van der Waals surface area (Å²) in [7, 11) is -3.57. The Balaban J connectivity index is 2.85. The zero-order chi connectivity index (χ0) is 11.0. The van der Waals surface area contributed by atoms with Crippen LogP contribution in [0.5, 0.6) is 0 Å². The Morgan fingerprint density at radius 2 is 1.93 bits per heavy atom. The summed E-state index contributed by atoms with van der Waals surface area (Å²) in [5.74, 6) is -1.02. The number of nitrogens with one attached hydrogen (secondary N) is 1. The van der Waals surface area contributed by atoms with Crippen molar-refractivity contribution in [1.29, 1.82) is 0 Å². The SMILES string of the molecule is CC1CCS(=O)(=O)CC(C(F)(F)F)N1. The van der Waals surface area contributed by atoms with E-state index in [1.54, 1.807) is 6.92 Å². The second kappa shape index (κ2) is 3.69. The minimum atomic E-state index is -4.49. The lowest BCUT2D eigenvalue weighted by Gasteiger charge is -2.21. The average Bonchev–Trinajstić information content (AvgIpc) is 2.09. The van der Waals surface area contributed by atoms with Crippen molar-refractivity contribution < 1.29 is 21.6 Å². The molecule has 1 aliphatic rings. The van der Waals surface area contributed by atoms with Crippen LogP contribution in [0, 0.1) is 0 Å². The predicted molar refractivity (Wildman–Crippen MR) is 45.7 cm³/mol. The summed E-state index contributed by atoms with van der Waals surface area (Å²) < 4.78 is 59.2. The summed E-state index contributed by atoms with van der Waals surface area (Å²) in [5.41, 5.74) is 0.